The number of amides is 1. The predicted octanol–water partition coefficient (Wildman–Crippen LogP) is 0.655. The molecule has 4 nitrogen and oxygen atoms in total. The minimum absolute atomic E-state index is 0. The van der Waals surface area contributed by atoms with E-state index in [9.17, 15) is 4.79 Å². The largest absolute Gasteiger partial charge is 0.381 e. The van der Waals surface area contributed by atoms with Crippen molar-refractivity contribution in [3.8, 4) is 0 Å². The van der Waals surface area contributed by atoms with Crippen molar-refractivity contribution < 1.29 is 9.53 Å². The summed E-state index contributed by atoms with van der Waals surface area (Å²) in [4.78, 5) is 14.1. The molecule has 5 heteroatoms. The Morgan fingerprint density at radius 3 is 2.56 bits per heavy atom. The van der Waals surface area contributed by atoms with Crippen LogP contribution in [0.2, 0.25) is 0 Å². The first-order chi connectivity index (χ1) is 7.29. The normalized spacial score (nSPS) is 26.2. The molecule has 2 saturated heterocycles. The van der Waals surface area contributed by atoms with Crippen molar-refractivity contribution in [2.45, 2.75) is 25.3 Å². The maximum atomic E-state index is 12.1. The van der Waals surface area contributed by atoms with E-state index in [2.05, 4.69) is 5.32 Å². The first-order valence-corrected chi connectivity index (χ1v) is 5.84. The second kappa shape index (κ2) is 6.42. The molecule has 0 bridgehead atoms. The van der Waals surface area contributed by atoms with Gasteiger partial charge in [0.25, 0.3) is 0 Å². The van der Waals surface area contributed by atoms with E-state index in [1.165, 1.54) is 0 Å². The van der Waals surface area contributed by atoms with Crippen LogP contribution in [0.4, 0.5) is 0 Å². The molecule has 2 rings (SSSR count). The Kier molecular flexibility index (Phi) is 5.52. The Bertz CT molecular complexity index is 226. The van der Waals surface area contributed by atoms with Gasteiger partial charge in [0, 0.05) is 38.8 Å². The molecule has 1 amide bonds. The summed E-state index contributed by atoms with van der Waals surface area (Å²) in [6, 6.07) is 0.403. The molecule has 2 aliphatic rings. The fourth-order valence-electron chi connectivity index (χ4n) is 2.38. The van der Waals surface area contributed by atoms with Crippen molar-refractivity contribution in [3.63, 3.8) is 0 Å². The highest BCUT2D eigenvalue weighted by Crippen LogP contribution is 2.19. The van der Waals surface area contributed by atoms with Gasteiger partial charge in [-0.2, -0.15) is 0 Å². The van der Waals surface area contributed by atoms with Gasteiger partial charge in [0.05, 0.1) is 0 Å². The Morgan fingerprint density at radius 2 is 2.00 bits per heavy atom. The van der Waals surface area contributed by atoms with Crippen LogP contribution in [0.5, 0.6) is 0 Å². The zero-order valence-electron chi connectivity index (χ0n) is 9.78. The molecule has 1 N–H and O–H groups in total. The average Bonchev–Trinajstić information content (AvgIpc) is 2.82. The number of carbonyl (C=O) groups is 1. The minimum atomic E-state index is 0. The van der Waals surface area contributed by atoms with Gasteiger partial charge in [0.2, 0.25) is 5.91 Å². The molecular formula is C11H21ClN2O2. The molecule has 0 aliphatic carbocycles. The van der Waals surface area contributed by atoms with Gasteiger partial charge in [-0.05, 0) is 25.8 Å². The van der Waals surface area contributed by atoms with Gasteiger partial charge in [0.1, 0.15) is 0 Å². The Morgan fingerprint density at radius 1 is 1.31 bits per heavy atom. The van der Waals surface area contributed by atoms with Crippen LogP contribution in [0, 0.1) is 5.92 Å². The third-order valence-corrected chi connectivity index (χ3v) is 3.50. The number of hydrogen-bond acceptors (Lipinski definition) is 3. The SMILES string of the molecule is CN(C(=O)C1CCOCC1)[C@H]1CCNC1.Cl. The molecule has 0 unspecified atom stereocenters. The van der Waals surface area contributed by atoms with Crippen molar-refractivity contribution in [1.82, 2.24) is 10.2 Å². The zero-order valence-corrected chi connectivity index (χ0v) is 10.6. The first kappa shape index (κ1) is 13.7. The minimum Gasteiger partial charge on any atom is -0.381 e. The molecule has 0 aromatic carbocycles. The maximum Gasteiger partial charge on any atom is 0.225 e. The molecular weight excluding hydrogens is 228 g/mol. The lowest BCUT2D eigenvalue weighted by Crippen LogP contribution is -2.43. The number of hydrogen-bond donors (Lipinski definition) is 1. The topological polar surface area (TPSA) is 41.6 Å². The van der Waals surface area contributed by atoms with Crippen LogP contribution in [0.15, 0.2) is 0 Å². The van der Waals surface area contributed by atoms with Gasteiger partial charge < -0.3 is 15.0 Å². The summed E-state index contributed by atoms with van der Waals surface area (Å²) in [7, 11) is 1.94. The summed E-state index contributed by atoms with van der Waals surface area (Å²) in [6.45, 7) is 3.47. The smallest absolute Gasteiger partial charge is 0.225 e. The molecule has 94 valence electrons. The molecule has 2 heterocycles. The highest BCUT2D eigenvalue weighted by Gasteiger charge is 2.29. The van der Waals surface area contributed by atoms with E-state index < -0.39 is 0 Å². The lowest BCUT2D eigenvalue weighted by molar-refractivity contribution is -0.139. The standard InChI is InChI=1S/C11H20N2O2.ClH/c1-13(10-2-5-12-8-10)11(14)9-3-6-15-7-4-9;/h9-10,12H,2-8H2,1H3;1H/t10-;/m0./s1. The van der Waals surface area contributed by atoms with Gasteiger partial charge in [-0.1, -0.05) is 0 Å². The lowest BCUT2D eigenvalue weighted by Gasteiger charge is -2.30. The van der Waals surface area contributed by atoms with E-state index >= 15 is 0 Å². The number of carbonyl (C=O) groups excluding carboxylic acids is 1. The first-order valence-electron chi connectivity index (χ1n) is 5.84. The Balaban J connectivity index is 0.00000128. The molecule has 0 aromatic rings. The van der Waals surface area contributed by atoms with Crippen LogP contribution in [-0.2, 0) is 9.53 Å². The second-order valence-corrected chi connectivity index (χ2v) is 4.48. The van der Waals surface area contributed by atoms with Gasteiger partial charge in [-0.25, -0.2) is 0 Å². The van der Waals surface area contributed by atoms with Gasteiger partial charge >= 0.3 is 0 Å². The summed E-state index contributed by atoms with van der Waals surface area (Å²) in [5, 5.41) is 3.29. The van der Waals surface area contributed by atoms with E-state index in [1.807, 2.05) is 11.9 Å². The number of halogens is 1. The summed E-state index contributed by atoms with van der Waals surface area (Å²) >= 11 is 0. The monoisotopic (exact) mass is 248 g/mol. The summed E-state index contributed by atoms with van der Waals surface area (Å²) in [6.07, 6.45) is 2.87. The van der Waals surface area contributed by atoms with E-state index in [0.717, 1.165) is 45.6 Å². The third-order valence-electron chi connectivity index (χ3n) is 3.50. The Hall–Kier alpha value is -0.320. The van der Waals surface area contributed by atoms with Crippen LogP contribution in [0.25, 0.3) is 0 Å². The van der Waals surface area contributed by atoms with Crippen molar-refractivity contribution in [3.05, 3.63) is 0 Å². The molecule has 0 saturated carbocycles. The molecule has 1 atom stereocenters. The van der Waals surface area contributed by atoms with Crippen molar-refractivity contribution >= 4 is 18.3 Å². The highest BCUT2D eigenvalue weighted by molar-refractivity contribution is 5.85. The van der Waals surface area contributed by atoms with E-state index in [4.69, 9.17) is 4.74 Å². The molecule has 16 heavy (non-hydrogen) atoms. The van der Waals surface area contributed by atoms with Crippen LogP contribution in [0.1, 0.15) is 19.3 Å². The summed E-state index contributed by atoms with van der Waals surface area (Å²) < 4.78 is 5.27. The van der Waals surface area contributed by atoms with Gasteiger partial charge in [-0.3, -0.25) is 4.79 Å². The number of ether oxygens (including phenoxy) is 1. The average molecular weight is 249 g/mol. The molecule has 2 aliphatic heterocycles. The van der Waals surface area contributed by atoms with Crippen LogP contribution in [-0.4, -0.2) is 50.2 Å². The van der Waals surface area contributed by atoms with E-state index in [0.29, 0.717) is 11.9 Å². The van der Waals surface area contributed by atoms with Crippen molar-refractivity contribution in [2.75, 3.05) is 33.4 Å². The summed E-state index contributed by atoms with van der Waals surface area (Å²) in [5.41, 5.74) is 0. The van der Waals surface area contributed by atoms with Crippen LogP contribution < -0.4 is 5.32 Å². The van der Waals surface area contributed by atoms with Crippen LogP contribution >= 0.6 is 12.4 Å². The van der Waals surface area contributed by atoms with E-state index in [-0.39, 0.29) is 18.3 Å². The lowest BCUT2D eigenvalue weighted by atomic mass is 9.98. The van der Waals surface area contributed by atoms with E-state index in [1.54, 1.807) is 0 Å². The second-order valence-electron chi connectivity index (χ2n) is 4.48. The number of likely N-dealkylation sites (N-methyl/N-ethyl adjacent to an activating group) is 1. The maximum absolute atomic E-state index is 12.1. The molecule has 0 aromatic heterocycles. The predicted molar refractivity (Wildman–Crippen MR) is 64.8 cm³/mol. The van der Waals surface area contributed by atoms with Gasteiger partial charge in [0.15, 0.2) is 0 Å². The third kappa shape index (κ3) is 3.09. The summed E-state index contributed by atoms with van der Waals surface area (Å²) in [5.74, 6) is 0.511. The highest BCUT2D eigenvalue weighted by atomic mass is 35.5. The van der Waals surface area contributed by atoms with Crippen molar-refractivity contribution in [1.29, 1.82) is 0 Å². The Labute approximate surface area is 103 Å². The van der Waals surface area contributed by atoms with Gasteiger partial charge in [-0.15, -0.1) is 12.4 Å². The van der Waals surface area contributed by atoms with Crippen LogP contribution in [0.3, 0.4) is 0 Å². The molecule has 0 radical (unpaired) electrons. The molecule has 0 spiro atoms. The fourth-order valence-corrected chi connectivity index (χ4v) is 2.38. The number of nitrogens with one attached hydrogen (secondary N) is 1. The number of rotatable bonds is 2. The van der Waals surface area contributed by atoms with Crippen molar-refractivity contribution in [2.24, 2.45) is 5.92 Å². The molecule has 2 fully saturated rings. The zero-order chi connectivity index (χ0) is 10.7. The quantitative estimate of drug-likeness (QED) is 0.781. The fraction of sp³-hybridized carbons (Fsp3) is 0.909. The number of nitrogens with zero attached hydrogens (tertiary/aromatic N) is 1.